The summed E-state index contributed by atoms with van der Waals surface area (Å²) in [4.78, 5) is 0. The maximum Gasteiger partial charge on any atom is 0.0466 e. The highest BCUT2D eigenvalue weighted by Gasteiger charge is 1.92. The number of hydrogen-bond acceptors (Lipinski definition) is 2. The van der Waals surface area contributed by atoms with E-state index in [1.807, 2.05) is 0 Å². The predicted molar refractivity (Wildman–Crippen MR) is 108 cm³/mol. The summed E-state index contributed by atoms with van der Waals surface area (Å²) in [7, 11) is 0. The van der Waals surface area contributed by atoms with Crippen molar-refractivity contribution in [3.8, 4) is 0 Å². The molecule has 0 unspecified atom stereocenters. The van der Waals surface area contributed by atoms with E-state index in [1.165, 1.54) is 70.6 Å². The van der Waals surface area contributed by atoms with Crippen LogP contribution in [0.5, 0.6) is 0 Å². The molecule has 0 amide bonds. The highest BCUT2D eigenvalue weighted by molar-refractivity contribution is 4.92. The van der Waals surface area contributed by atoms with Gasteiger partial charge in [0.25, 0.3) is 0 Å². The van der Waals surface area contributed by atoms with Crippen LogP contribution >= 0.6 is 0 Å². The zero-order valence-electron chi connectivity index (χ0n) is 16.3. The van der Waals surface area contributed by atoms with Gasteiger partial charge in [0.1, 0.15) is 0 Å². The van der Waals surface area contributed by atoms with Gasteiger partial charge < -0.3 is 10.5 Å². The van der Waals surface area contributed by atoms with Crippen molar-refractivity contribution in [1.82, 2.24) is 0 Å². The maximum atomic E-state index is 5.58. The normalized spacial score (nSPS) is 11.9. The molecule has 0 heterocycles. The minimum atomic E-state index is 0.786. The standard InChI is InChI=1S/C22H43NO/c1-2-3-4-5-6-7-8-9-10-11-12-13-14-15-16-18-21-24-22-19-17-20-23/h6-7,9-10H,2-5,8,11-23H2,1H3/b7-6-,10-9-. The summed E-state index contributed by atoms with van der Waals surface area (Å²) < 4.78 is 5.58. The van der Waals surface area contributed by atoms with Crippen molar-refractivity contribution >= 4 is 0 Å². The lowest BCUT2D eigenvalue weighted by molar-refractivity contribution is 0.126. The van der Waals surface area contributed by atoms with Gasteiger partial charge in [-0.3, -0.25) is 0 Å². The second-order valence-corrected chi connectivity index (χ2v) is 6.69. The molecule has 0 spiro atoms. The van der Waals surface area contributed by atoms with E-state index >= 15 is 0 Å². The van der Waals surface area contributed by atoms with Gasteiger partial charge in [-0.25, -0.2) is 0 Å². The Morgan fingerprint density at radius 2 is 1.17 bits per heavy atom. The molecule has 0 aromatic heterocycles. The van der Waals surface area contributed by atoms with Crippen LogP contribution in [-0.4, -0.2) is 19.8 Å². The number of nitrogens with two attached hydrogens (primary N) is 1. The summed E-state index contributed by atoms with van der Waals surface area (Å²) in [6, 6.07) is 0. The van der Waals surface area contributed by atoms with Crippen molar-refractivity contribution in [1.29, 1.82) is 0 Å². The van der Waals surface area contributed by atoms with Crippen LogP contribution in [0.1, 0.15) is 96.8 Å². The molecule has 0 aromatic rings. The number of rotatable bonds is 19. The van der Waals surface area contributed by atoms with Crippen molar-refractivity contribution in [2.45, 2.75) is 96.8 Å². The summed E-state index contributed by atoms with van der Waals surface area (Å²) in [5, 5.41) is 0. The first-order valence-electron chi connectivity index (χ1n) is 10.5. The molecular formula is C22H43NO. The Morgan fingerprint density at radius 3 is 1.79 bits per heavy atom. The fraction of sp³-hybridized carbons (Fsp3) is 0.818. The van der Waals surface area contributed by atoms with E-state index < -0.39 is 0 Å². The van der Waals surface area contributed by atoms with E-state index in [-0.39, 0.29) is 0 Å². The molecule has 0 aromatic carbocycles. The highest BCUT2D eigenvalue weighted by atomic mass is 16.5. The summed E-state index contributed by atoms with van der Waals surface area (Å²) >= 11 is 0. The van der Waals surface area contributed by atoms with Crippen molar-refractivity contribution in [2.75, 3.05) is 19.8 Å². The molecule has 2 heteroatoms. The molecule has 2 nitrogen and oxygen atoms in total. The minimum Gasteiger partial charge on any atom is -0.381 e. The minimum absolute atomic E-state index is 0.786. The second kappa shape index (κ2) is 22.4. The van der Waals surface area contributed by atoms with Gasteiger partial charge in [0.2, 0.25) is 0 Å². The molecule has 0 radical (unpaired) electrons. The highest BCUT2D eigenvalue weighted by Crippen LogP contribution is 2.08. The molecule has 0 atom stereocenters. The predicted octanol–water partition coefficient (Wildman–Crippen LogP) is 6.56. The van der Waals surface area contributed by atoms with E-state index in [9.17, 15) is 0 Å². The molecule has 0 fully saturated rings. The average Bonchev–Trinajstić information content (AvgIpc) is 2.60. The molecule has 0 saturated heterocycles. The first-order chi connectivity index (χ1) is 11.9. The van der Waals surface area contributed by atoms with Gasteiger partial charge in [0, 0.05) is 13.2 Å². The monoisotopic (exact) mass is 337 g/mol. The zero-order valence-corrected chi connectivity index (χ0v) is 16.3. The van der Waals surface area contributed by atoms with Gasteiger partial charge in [-0.05, 0) is 57.9 Å². The molecule has 0 aliphatic heterocycles. The van der Waals surface area contributed by atoms with Gasteiger partial charge in [-0.1, -0.05) is 69.8 Å². The van der Waals surface area contributed by atoms with E-state index in [2.05, 4.69) is 31.2 Å². The molecule has 0 bridgehead atoms. The smallest absolute Gasteiger partial charge is 0.0466 e. The van der Waals surface area contributed by atoms with Crippen LogP contribution in [0.4, 0.5) is 0 Å². The SMILES string of the molecule is CCCCC/C=C\C/C=C\CCCCCCCCOCCCCN. The number of allylic oxidation sites excluding steroid dienone is 4. The fourth-order valence-electron chi connectivity index (χ4n) is 2.64. The Balaban J connectivity index is 3.10. The van der Waals surface area contributed by atoms with Crippen LogP contribution in [0.25, 0.3) is 0 Å². The van der Waals surface area contributed by atoms with Crippen molar-refractivity contribution < 1.29 is 4.74 Å². The van der Waals surface area contributed by atoms with Crippen LogP contribution in [0.2, 0.25) is 0 Å². The Morgan fingerprint density at radius 1 is 0.625 bits per heavy atom. The van der Waals surface area contributed by atoms with Crippen molar-refractivity contribution in [3.63, 3.8) is 0 Å². The molecule has 0 saturated carbocycles. The average molecular weight is 338 g/mol. The Labute approximate surface area is 151 Å². The van der Waals surface area contributed by atoms with Gasteiger partial charge in [0.05, 0.1) is 0 Å². The molecular weight excluding hydrogens is 294 g/mol. The second-order valence-electron chi connectivity index (χ2n) is 6.69. The molecule has 142 valence electrons. The first-order valence-corrected chi connectivity index (χ1v) is 10.5. The quantitative estimate of drug-likeness (QED) is 0.214. The van der Waals surface area contributed by atoms with Crippen LogP contribution < -0.4 is 5.73 Å². The zero-order chi connectivity index (χ0) is 17.6. The number of hydrogen-bond donors (Lipinski definition) is 1. The van der Waals surface area contributed by atoms with E-state index in [0.29, 0.717) is 0 Å². The van der Waals surface area contributed by atoms with Gasteiger partial charge >= 0.3 is 0 Å². The van der Waals surface area contributed by atoms with E-state index in [4.69, 9.17) is 10.5 Å². The lowest BCUT2D eigenvalue weighted by atomic mass is 10.1. The van der Waals surface area contributed by atoms with Crippen molar-refractivity contribution in [3.05, 3.63) is 24.3 Å². The van der Waals surface area contributed by atoms with Crippen LogP contribution in [-0.2, 0) is 4.74 Å². The third-order valence-corrected chi connectivity index (χ3v) is 4.23. The number of unbranched alkanes of at least 4 members (excludes halogenated alkanes) is 10. The molecule has 24 heavy (non-hydrogen) atoms. The number of ether oxygens (including phenoxy) is 1. The van der Waals surface area contributed by atoms with Crippen LogP contribution in [0.15, 0.2) is 24.3 Å². The van der Waals surface area contributed by atoms with Gasteiger partial charge in [-0.15, -0.1) is 0 Å². The molecule has 2 N–H and O–H groups in total. The Hall–Kier alpha value is -0.600. The molecule has 0 aliphatic rings. The van der Waals surface area contributed by atoms with E-state index in [0.717, 1.165) is 39.0 Å². The van der Waals surface area contributed by atoms with Gasteiger partial charge in [0.15, 0.2) is 0 Å². The third kappa shape index (κ3) is 21.4. The summed E-state index contributed by atoms with van der Waals surface area (Å²) in [5.74, 6) is 0. The Bertz CT molecular complexity index is 273. The summed E-state index contributed by atoms with van der Waals surface area (Å²) in [5.41, 5.74) is 5.45. The summed E-state index contributed by atoms with van der Waals surface area (Å²) in [6.07, 6.45) is 27.1. The molecule has 0 aliphatic carbocycles. The van der Waals surface area contributed by atoms with E-state index in [1.54, 1.807) is 0 Å². The largest absolute Gasteiger partial charge is 0.381 e. The first kappa shape index (κ1) is 23.4. The maximum absolute atomic E-state index is 5.58. The lowest BCUT2D eigenvalue weighted by Gasteiger charge is -2.03. The Kier molecular flexibility index (Phi) is 21.8. The lowest BCUT2D eigenvalue weighted by Crippen LogP contribution is -2.02. The molecule has 0 rings (SSSR count). The van der Waals surface area contributed by atoms with Gasteiger partial charge in [-0.2, -0.15) is 0 Å². The van der Waals surface area contributed by atoms with Crippen molar-refractivity contribution in [2.24, 2.45) is 5.73 Å². The third-order valence-electron chi connectivity index (χ3n) is 4.23. The topological polar surface area (TPSA) is 35.2 Å². The van der Waals surface area contributed by atoms with Crippen LogP contribution in [0.3, 0.4) is 0 Å². The summed E-state index contributed by atoms with van der Waals surface area (Å²) in [6.45, 7) is 4.86. The fourth-order valence-corrected chi connectivity index (χ4v) is 2.64. The van der Waals surface area contributed by atoms with Crippen LogP contribution in [0, 0.1) is 0 Å².